The van der Waals surface area contributed by atoms with E-state index in [4.69, 9.17) is 0 Å². The topological polar surface area (TPSA) is 103 Å². The van der Waals surface area contributed by atoms with Crippen molar-refractivity contribution < 1.29 is 16.8 Å². The van der Waals surface area contributed by atoms with Gasteiger partial charge in [0.1, 0.15) is 0 Å². The van der Waals surface area contributed by atoms with Crippen LogP contribution >= 0.6 is 0 Å². The lowest BCUT2D eigenvalue weighted by molar-refractivity contribution is 0.405. The molecule has 1 saturated heterocycles. The van der Waals surface area contributed by atoms with Gasteiger partial charge in [0.2, 0.25) is 10.0 Å². The van der Waals surface area contributed by atoms with Crippen molar-refractivity contribution in [1.29, 1.82) is 0 Å². The molecule has 1 N–H and O–H groups in total. The average Bonchev–Trinajstić information content (AvgIpc) is 2.71. The SMILES string of the molecule is CS(=O)(=O)N1CCCN(S(=O)(=O)c2cnc[nH]2)CC1. The van der Waals surface area contributed by atoms with Gasteiger partial charge in [0, 0.05) is 26.2 Å². The van der Waals surface area contributed by atoms with Gasteiger partial charge >= 0.3 is 0 Å². The second-order valence-corrected chi connectivity index (χ2v) is 8.22. The first-order chi connectivity index (χ1) is 8.82. The Morgan fingerprint density at radius 3 is 2.32 bits per heavy atom. The van der Waals surface area contributed by atoms with Crippen molar-refractivity contribution in [3.8, 4) is 0 Å². The maximum absolute atomic E-state index is 12.2. The van der Waals surface area contributed by atoms with E-state index in [1.54, 1.807) is 0 Å². The third kappa shape index (κ3) is 3.14. The fourth-order valence-corrected chi connectivity index (χ4v) is 4.20. The van der Waals surface area contributed by atoms with Gasteiger partial charge in [-0.3, -0.25) is 0 Å². The minimum atomic E-state index is -3.62. The molecule has 10 heteroatoms. The molecular weight excluding hydrogens is 292 g/mol. The molecule has 0 saturated carbocycles. The number of H-pyrrole nitrogens is 1. The summed E-state index contributed by atoms with van der Waals surface area (Å²) in [6.45, 7) is 0.960. The molecule has 0 atom stereocenters. The molecule has 0 aromatic carbocycles. The summed E-state index contributed by atoms with van der Waals surface area (Å²) in [5.74, 6) is 0. The fourth-order valence-electron chi connectivity index (χ4n) is 1.97. The van der Waals surface area contributed by atoms with Gasteiger partial charge in [-0.25, -0.2) is 26.1 Å². The Morgan fingerprint density at radius 2 is 1.74 bits per heavy atom. The lowest BCUT2D eigenvalue weighted by Crippen LogP contribution is -2.37. The zero-order valence-corrected chi connectivity index (χ0v) is 12.1. The van der Waals surface area contributed by atoms with Crippen LogP contribution in [0.1, 0.15) is 6.42 Å². The Bertz CT molecular complexity index is 623. The van der Waals surface area contributed by atoms with Gasteiger partial charge in [0.05, 0.1) is 18.8 Å². The summed E-state index contributed by atoms with van der Waals surface area (Å²) in [5, 5.41) is 0.0281. The number of hydrogen-bond donors (Lipinski definition) is 1. The predicted molar refractivity (Wildman–Crippen MR) is 68.4 cm³/mol. The number of aromatic nitrogens is 2. The van der Waals surface area contributed by atoms with Crippen LogP contribution in [0.5, 0.6) is 0 Å². The number of aromatic amines is 1. The third-order valence-electron chi connectivity index (χ3n) is 2.97. The number of sulfonamides is 2. The first-order valence-electron chi connectivity index (χ1n) is 5.75. The average molecular weight is 308 g/mol. The Balaban J connectivity index is 2.16. The van der Waals surface area contributed by atoms with Gasteiger partial charge in [-0.15, -0.1) is 0 Å². The molecule has 108 valence electrons. The molecule has 8 nitrogen and oxygen atoms in total. The standard InChI is InChI=1S/C9H16N4O4S2/c1-18(14,15)12-3-2-4-13(6-5-12)19(16,17)9-7-10-8-11-9/h7-8H,2-6H2,1H3,(H,10,11). The first-order valence-corrected chi connectivity index (χ1v) is 9.04. The molecule has 19 heavy (non-hydrogen) atoms. The van der Waals surface area contributed by atoms with Crippen molar-refractivity contribution in [3.63, 3.8) is 0 Å². The highest BCUT2D eigenvalue weighted by Crippen LogP contribution is 2.15. The minimum Gasteiger partial charge on any atom is -0.335 e. The van der Waals surface area contributed by atoms with Gasteiger partial charge < -0.3 is 4.98 Å². The lowest BCUT2D eigenvalue weighted by atomic mass is 10.4. The Labute approximate surface area is 112 Å². The summed E-state index contributed by atoms with van der Waals surface area (Å²) in [4.78, 5) is 6.26. The molecule has 1 aliphatic rings. The molecule has 0 amide bonds. The van der Waals surface area contributed by atoms with E-state index in [-0.39, 0.29) is 18.1 Å². The van der Waals surface area contributed by atoms with Crippen molar-refractivity contribution in [2.75, 3.05) is 32.4 Å². The van der Waals surface area contributed by atoms with Crippen LogP contribution < -0.4 is 0 Å². The van der Waals surface area contributed by atoms with Crippen LogP contribution in [0.15, 0.2) is 17.6 Å². The van der Waals surface area contributed by atoms with Crippen LogP contribution in [0.2, 0.25) is 0 Å². The smallest absolute Gasteiger partial charge is 0.260 e. The number of nitrogens with one attached hydrogen (secondary N) is 1. The molecule has 1 aromatic rings. The molecule has 0 radical (unpaired) electrons. The molecule has 1 aromatic heterocycles. The molecule has 0 spiro atoms. The van der Waals surface area contributed by atoms with E-state index in [2.05, 4.69) is 9.97 Å². The van der Waals surface area contributed by atoms with Gasteiger partial charge in [0.15, 0.2) is 5.03 Å². The van der Waals surface area contributed by atoms with Gasteiger partial charge in [-0.1, -0.05) is 0 Å². The van der Waals surface area contributed by atoms with Crippen molar-refractivity contribution in [2.24, 2.45) is 0 Å². The summed E-state index contributed by atoms with van der Waals surface area (Å²) >= 11 is 0. The highest BCUT2D eigenvalue weighted by Gasteiger charge is 2.29. The molecular formula is C9H16N4O4S2. The third-order valence-corrected chi connectivity index (χ3v) is 6.10. The highest BCUT2D eigenvalue weighted by molar-refractivity contribution is 7.89. The highest BCUT2D eigenvalue weighted by atomic mass is 32.2. The van der Waals surface area contributed by atoms with Crippen molar-refractivity contribution >= 4 is 20.0 Å². The number of rotatable bonds is 3. The molecule has 2 heterocycles. The van der Waals surface area contributed by atoms with E-state index in [1.807, 2.05) is 0 Å². The minimum absolute atomic E-state index is 0.0281. The van der Waals surface area contributed by atoms with Crippen LogP contribution in [0.4, 0.5) is 0 Å². The monoisotopic (exact) mass is 308 g/mol. The van der Waals surface area contributed by atoms with Crippen LogP contribution in [0.3, 0.4) is 0 Å². The van der Waals surface area contributed by atoms with Gasteiger partial charge in [0.25, 0.3) is 10.0 Å². The molecule has 1 fully saturated rings. The molecule has 1 aliphatic heterocycles. The second-order valence-electron chi connectivity index (χ2n) is 4.34. The van der Waals surface area contributed by atoms with E-state index >= 15 is 0 Å². The predicted octanol–water partition coefficient (Wildman–Crippen LogP) is -0.934. The summed E-state index contributed by atoms with van der Waals surface area (Å²) in [5.41, 5.74) is 0. The van der Waals surface area contributed by atoms with Crippen LogP contribution in [0, 0.1) is 0 Å². The van der Waals surface area contributed by atoms with Gasteiger partial charge in [-0.2, -0.15) is 4.31 Å². The van der Waals surface area contributed by atoms with E-state index in [9.17, 15) is 16.8 Å². The van der Waals surface area contributed by atoms with E-state index in [0.717, 1.165) is 6.26 Å². The summed E-state index contributed by atoms with van der Waals surface area (Å²) < 4.78 is 50.0. The summed E-state index contributed by atoms with van der Waals surface area (Å²) in [6.07, 6.45) is 4.15. The van der Waals surface area contributed by atoms with Crippen LogP contribution in [-0.4, -0.2) is 67.8 Å². The maximum atomic E-state index is 12.2. The Kier molecular flexibility index (Phi) is 3.95. The zero-order valence-electron chi connectivity index (χ0n) is 10.5. The number of imidazole rings is 1. The van der Waals surface area contributed by atoms with E-state index in [1.165, 1.54) is 21.1 Å². The Hall–Kier alpha value is -0.970. The quantitative estimate of drug-likeness (QED) is 0.776. The van der Waals surface area contributed by atoms with Crippen molar-refractivity contribution in [1.82, 2.24) is 18.6 Å². The Morgan fingerprint density at radius 1 is 1.11 bits per heavy atom. The zero-order chi connectivity index (χ0) is 14.1. The summed E-state index contributed by atoms with van der Waals surface area (Å²) in [7, 11) is -6.90. The fraction of sp³-hybridized carbons (Fsp3) is 0.667. The number of hydrogen-bond acceptors (Lipinski definition) is 5. The molecule has 0 bridgehead atoms. The van der Waals surface area contributed by atoms with Crippen molar-refractivity contribution in [2.45, 2.75) is 11.4 Å². The number of nitrogens with zero attached hydrogens (tertiary/aromatic N) is 3. The van der Waals surface area contributed by atoms with Crippen LogP contribution in [0.25, 0.3) is 0 Å². The first kappa shape index (κ1) is 14.4. The van der Waals surface area contributed by atoms with E-state index < -0.39 is 20.0 Å². The normalized spacial score (nSPS) is 20.3. The second kappa shape index (κ2) is 5.19. The largest absolute Gasteiger partial charge is 0.335 e. The molecule has 0 aliphatic carbocycles. The maximum Gasteiger partial charge on any atom is 0.260 e. The molecule has 2 rings (SSSR count). The van der Waals surface area contributed by atoms with Crippen LogP contribution in [-0.2, 0) is 20.0 Å². The molecule has 0 unspecified atom stereocenters. The van der Waals surface area contributed by atoms with E-state index in [0.29, 0.717) is 19.5 Å². The van der Waals surface area contributed by atoms with Crippen molar-refractivity contribution in [3.05, 3.63) is 12.5 Å². The lowest BCUT2D eigenvalue weighted by Gasteiger charge is -2.19. The summed E-state index contributed by atoms with van der Waals surface area (Å²) in [6, 6.07) is 0. The van der Waals surface area contributed by atoms with Gasteiger partial charge in [-0.05, 0) is 6.42 Å².